The molecule has 0 radical (unpaired) electrons. The third-order valence-electron chi connectivity index (χ3n) is 9.50. The fourth-order valence-electron chi connectivity index (χ4n) is 6.61. The van der Waals surface area contributed by atoms with Crippen LogP contribution >= 0.6 is 34.7 Å². The normalized spacial score (nSPS) is 13.5. The Morgan fingerprint density at radius 1 is 0.954 bits per heavy atom. The van der Waals surface area contributed by atoms with Crippen LogP contribution in [0.1, 0.15) is 91.8 Å². The molecule has 65 heavy (non-hydrogen) atoms. The maximum atomic E-state index is 13.3. The first-order valence-corrected chi connectivity index (χ1v) is 23.4. The average Bonchev–Trinajstić information content (AvgIpc) is 3.96. The number of hydrogen-bond acceptors (Lipinski definition) is 14. The number of nitrogens with zero attached hydrogens (tertiary/aromatic N) is 5. The van der Waals surface area contributed by atoms with Crippen LogP contribution in [0.3, 0.4) is 0 Å². The summed E-state index contributed by atoms with van der Waals surface area (Å²) < 4.78 is 21.9. The molecule has 2 aromatic carbocycles. The number of carbonyl (C=O) groups excluding carboxylic acids is 4. The number of rotatable bonds is 18. The van der Waals surface area contributed by atoms with E-state index in [1.165, 1.54) is 30.0 Å². The molecule has 1 aliphatic rings. The Bertz CT molecular complexity index is 2400. The number of ether oxygens (including phenoxy) is 4. The molecule has 2 aromatic heterocycles. The van der Waals surface area contributed by atoms with E-state index >= 15 is 0 Å². The van der Waals surface area contributed by atoms with Crippen LogP contribution in [0.4, 0.5) is 16.3 Å². The minimum Gasteiger partial charge on any atom is -0.490 e. The molecular weight excluding hydrogens is 890 g/mol. The van der Waals surface area contributed by atoms with Gasteiger partial charge in [-0.1, -0.05) is 47.6 Å². The molecule has 15 nitrogen and oxygen atoms in total. The van der Waals surface area contributed by atoms with Crippen molar-refractivity contribution in [3.8, 4) is 33.5 Å². The second kappa shape index (κ2) is 22.8. The Hall–Kier alpha value is -5.88. The lowest BCUT2D eigenvalue weighted by Gasteiger charge is -2.24. The molecule has 2 N–H and O–H groups in total. The number of thiazole rings is 1. The van der Waals surface area contributed by atoms with Crippen LogP contribution in [0.15, 0.2) is 58.9 Å². The Kier molecular flexibility index (Phi) is 17.6. The van der Waals surface area contributed by atoms with Crippen LogP contribution in [0.2, 0.25) is 5.02 Å². The van der Waals surface area contributed by atoms with Gasteiger partial charge in [0.15, 0.2) is 0 Å². The second-order valence-corrected chi connectivity index (χ2v) is 19.4. The number of carbonyl (C=O) groups is 4. The van der Waals surface area contributed by atoms with Gasteiger partial charge in [-0.05, 0) is 104 Å². The molecule has 0 bridgehead atoms. The van der Waals surface area contributed by atoms with Gasteiger partial charge in [0.1, 0.15) is 64.2 Å². The molecule has 0 spiro atoms. The Morgan fingerprint density at radius 2 is 1.62 bits per heavy atom. The number of nitrogens with one attached hydrogen (secondary N) is 2. The standard InChI is InChI=1S/C47H54ClN7O8S2/c1-29(51-41(57)36(53-45(59)63-47(5,6)7)12-11-13-37(56)62-46(2,3)4)44(58)61-25-24-60-34-20-16-30(17-21-34)38-35(26-49)43(54-40(39(38)50-8)55-22-9-10-23-55)65-28-33-27-64-42(52-33)31-14-18-32(48)19-15-31/h14-21,27,29,36H,9-13,22-25,28H2,1-7H3,(H,51,57)(H,53,59)/t29-,36-/m0/s1. The number of anilines is 1. The lowest BCUT2D eigenvalue weighted by Crippen LogP contribution is -2.52. The van der Waals surface area contributed by atoms with Crippen LogP contribution in [0.25, 0.3) is 26.5 Å². The van der Waals surface area contributed by atoms with E-state index in [4.69, 9.17) is 47.1 Å². The SMILES string of the molecule is [C-]#[N+]c1c(N2CCCC2)nc(SCc2csc(-c3ccc(Cl)cc3)n2)c(C#N)c1-c1ccc(OCCOC(=O)[C@H](C)NC(=O)[C@H](CCCC(=O)OC(C)(C)C)NC(=O)OC(C)(C)C)cc1. The minimum atomic E-state index is -1.11. The number of aromatic nitrogens is 2. The third-order valence-corrected chi connectivity index (χ3v) is 11.7. The van der Waals surface area contributed by atoms with Gasteiger partial charge in [-0.2, -0.15) is 5.26 Å². The molecular formula is C47H54ClN7O8S2. The largest absolute Gasteiger partial charge is 0.490 e. The van der Waals surface area contributed by atoms with E-state index in [0.29, 0.717) is 49.7 Å². The highest BCUT2D eigenvalue weighted by molar-refractivity contribution is 7.98. The van der Waals surface area contributed by atoms with Gasteiger partial charge in [0.2, 0.25) is 11.6 Å². The van der Waals surface area contributed by atoms with Crippen molar-refractivity contribution in [3.63, 3.8) is 0 Å². The Labute approximate surface area is 393 Å². The number of esters is 2. The fraction of sp³-hybridized carbons (Fsp3) is 0.447. The fourth-order valence-corrected chi connectivity index (χ4v) is 8.54. The van der Waals surface area contributed by atoms with Crippen molar-refractivity contribution in [2.75, 3.05) is 31.2 Å². The van der Waals surface area contributed by atoms with E-state index in [1.54, 1.807) is 65.8 Å². The second-order valence-electron chi connectivity index (χ2n) is 17.1. The number of benzene rings is 2. The van der Waals surface area contributed by atoms with Gasteiger partial charge in [0.05, 0.1) is 17.8 Å². The predicted molar refractivity (Wildman–Crippen MR) is 251 cm³/mol. The molecule has 5 rings (SSSR count). The van der Waals surface area contributed by atoms with E-state index < -0.39 is 47.2 Å². The molecule has 0 saturated carbocycles. The van der Waals surface area contributed by atoms with Crippen molar-refractivity contribution in [2.24, 2.45) is 0 Å². The molecule has 2 atom stereocenters. The van der Waals surface area contributed by atoms with Gasteiger partial charge in [0.25, 0.3) is 0 Å². The Morgan fingerprint density at radius 3 is 2.25 bits per heavy atom. The van der Waals surface area contributed by atoms with E-state index in [1.807, 2.05) is 29.6 Å². The molecule has 1 aliphatic heterocycles. The van der Waals surface area contributed by atoms with Crippen LogP contribution in [0.5, 0.6) is 5.75 Å². The number of pyridine rings is 1. The lowest BCUT2D eigenvalue weighted by molar-refractivity contribution is -0.155. The van der Waals surface area contributed by atoms with Crippen molar-refractivity contribution >= 4 is 70.1 Å². The summed E-state index contributed by atoms with van der Waals surface area (Å²) in [5, 5.41) is 19.7. The summed E-state index contributed by atoms with van der Waals surface area (Å²) in [7, 11) is 0. The molecule has 2 amide bonds. The van der Waals surface area contributed by atoms with Crippen molar-refractivity contribution in [3.05, 3.63) is 81.6 Å². The zero-order valence-electron chi connectivity index (χ0n) is 37.6. The summed E-state index contributed by atoms with van der Waals surface area (Å²) >= 11 is 9.01. The monoisotopic (exact) mass is 943 g/mol. The summed E-state index contributed by atoms with van der Waals surface area (Å²) in [5.41, 5.74) is 2.05. The number of hydrogen-bond donors (Lipinski definition) is 2. The first kappa shape index (κ1) is 50.1. The summed E-state index contributed by atoms with van der Waals surface area (Å²) in [4.78, 5) is 66.7. The molecule has 3 heterocycles. The molecule has 344 valence electrons. The highest BCUT2D eigenvalue weighted by atomic mass is 35.5. The van der Waals surface area contributed by atoms with E-state index in [-0.39, 0.29) is 32.5 Å². The maximum absolute atomic E-state index is 13.3. The van der Waals surface area contributed by atoms with Crippen molar-refractivity contribution < 1.29 is 38.1 Å². The summed E-state index contributed by atoms with van der Waals surface area (Å²) in [5.74, 6) is -0.348. The van der Waals surface area contributed by atoms with E-state index in [0.717, 1.165) is 42.2 Å². The maximum Gasteiger partial charge on any atom is 0.408 e. The molecule has 0 unspecified atom stereocenters. The lowest BCUT2D eigenvalue weighted by atomic mass is 9.99. The summed E-state index contributed by atoms with van der Waals surface area (Å²) in [6.45, 7) is 21.3. The van der Waals surface area contributed by atoms with Gasteiger partial charge in [-0.15, -0.1) is 11.3 Å². The molecule has 1 fully saturated rings. The number of nitriles is 1. The highest BCUT2D eigenvalue weighted by Gasteiger charge is 2.29. The van der Waals surface area contributed by atoms with Gasteiger partial charge < -0.3 is 34.5 Å². The summed E-state index contributed by atoms with van der Waals surface area (Å²) in [6.07, 6.45) is 1.46. The summed E-state index contributed by atoms with van der Waals surface area (Å²) in [6, 6.07) is 14.6. The highest BCUT2D eigenvalue weighted by Crippen LogP contribution is 2.45. The predicted octanol–water partition coefficient (Wildman–Crippen LogP) is 9.67. The van der Waals surface area contributed by atoms with E-state index in [2.05, 4.69) is 26.4 Å². The van der Waals surface area contributed by atoms with Crippen molar-refractivity contribution in [1.82, 2.24) is 20.6 Å². The third kappa shape index (κ3) is 15.1. The van der Waals surface area contributed by atoms with Crippen molar-refractivity contribution in [2.45, 2.75) is 115 Å². The molecule has 0 aliphatic carbocycles. The first-order chi connectivity index (χ1) is 30.8. The van der Waals surface area contributed by atoms with Gasteiger partial charge in [-0.25, -0.2) is 24.4 Å². The molecule has 4 aromatic rings. The van der Waals surface area contributed by atoms with Crippen molar-refractivity contribution in [1.29, 1.82) is 5.26 Å². The zero-order valence-corrected chi connectivity index (χ0v) is 40.0. The van der Waals surface area contributed by atoms with Crippen LogP contribution in [0, 0.1) is 17.9 Å². The minimum absolute atomic E-state index is 0.0124. The van der Waals surface area contributed by atoms with Crippen LogP contribution < -0.4 is 20.3 Å². The Balaban J connectivity index is 1.20. The van der Waals surface area contributed by atoms with Crippen LogP contribution in [-0.4, -0.2) is 83.5 Å². The molecule has 18 heteroatoms. The topological polar surface area (TPSA) is 186 Å². The van der Waals surface area contributed by atoms with Gasteiger partial charge >= 0.3 is 18.0 Å². The number of alkyl carbamates (subject to hydrolysis) is 1. The number of amides is 2. The van der Waals surface area contributed by atoms with Gasteiger partial charge in [-0.3, -0.25) is 9.59 Å². The average molecular weight is 945 g/mol. The van der Waals surface area contributed by atoms with E-state index in [9.17, 15) is 24.4 Å². The quantitative estimate of drug-likeness (QED) is 0.0316. The number of halogens is 1. The smallest absolute Gasteiger partial charge is 0.408 e. The van der Waals surface area contributed by atoms with Gasteiger partial charge in [0, 0.05) is 46.8 Å². The molecule has 1 saturated heterocycles. The van der Waals surface area contributed by atoms with Crippen LogP contribution in [-0.2, 0) is 34.3 Å². The first-order valence-electron chi connectivity index (χ1n) is 21.2. The zero-order chi connectivity index (χ0) is 47.3. The number of thioether (sulfide) groups is 1.